The van der Waals surface area contributed by atoms with Gasteiger partial charge in [0, 0.05) is 24.4 Å². The van der Waals surface area contributed by atoms with Gasteiger partial charge in [-0.25, -0.2) is 4.98 Å². The minimum Gasteiger partial charge on any atom is -0.341 e. The van der Waals surface area contributed by atoms with E-state index in [4.69, 9.17) is 5.73 Å². The Morgan fingerprint density at radius 1 is 1.48 bits per heavy atom. The van der Waals surface area contributed by atoms with Gasteiger partial charge in [-0.15, -0.1) is 36.2 Å². The molecule has 1 unspecified atom stereocenters. The monoisotopic (exact) mass is 381 g/mol. The molecule has 23 heavy (non-hydrogen) atoms. The Kier molecular flexibility index (Phi) is 10.3. The van der Waals surface area contributed by atoms with Gasteiger partial charge in [0.15, 0.2) is 0 Å². The fourth-order valence-corrected chi connectivity index (χ4v) is 3.93. The van der Waals surface area contributed by atoms with Crippen molar-refractivity contribution in [3.8, 4) is 0 Å². The summed E-state index contributed by atoms with van der Waals surface area (Å²) in [7, 11) is 0. The van der Waals surface area contributed by atoms with Crippen molar-refractivity contribution in [2.24, 2.45) is 11.7 Å². The van der Waals surface area contributed by atoms with E-state index in [9.17, 15) is 4.79 Å². The molecule has 2 heterocycles. The molecule has 1 aromatic rings. The zero-order valence-electron chi connectivity index (χ0n) is 14.2. The molecule has 2 rings (SSSR count). The number of carbonyl (C=O) groups excluding carboxylic acids is 1. The highest BCUT2D eigenvalue weighted by Crippen LogP contribution is 2.29. The summed E-state index contributed by atoms with van der Waals surface area (Å²) >= 11 is 1.73. The molecule has 0 radical (unpaired) electrons. The second-order valence-electron chi connectivity index (χ2n) is 6.39. The number of hydrogen-bond acceptors (Lipinski definition) is 4. The number of halogens is 2. The highest BCUT2D eigenvalue weighted by molar-refractivity contribution is 7.09. The SMILES string of the molecule is CCc1csc(C2CCCN(C(=O)[C@@H](N)CC(C)C)C2)n1.Cl.Cl. The van der Waals surface area contributed by atoms with Gasteiger partial charge in [-0.2, -0.15) is 0 Å². The lowest BCUT2D eigenvalue weighted by Crippen LogP contribution is -2.48. The minimum atomic E-state index is -0.355. The average molecular weight is 382 g/mol. The molecular weight excluding hydrogens is 353 g/mol. The summed E-state index contributed by atoms with van der Waals surface area (Å²) in [6, 6.07) is -0.355. The smallest absolute Gasteiger partial charge is 0.239 e. The van der Waals surface area contributed by atoms with Gasteiger partial charge < -0.3 is 10.6 Å². The predicted octanol–water partition coefficient (Wildman–Crippen LogP) is 3.63. The number of nitrogens with two attached hydrogens (primary N) is 1. The van der Waals surface area contributed by atoms with Crippen molar-refractivity contribution in [3.63, 3.8) is 0 Å². The number of amides is 1. The Labute approximate surface area is 156 Å². The van der Waals surface area contributed by atoms with Crippen molar-refractivity contribution in [2.45, 2.75) is 58.4 Å². The standard InChI is InChI=1S/C16H27N3OS.2ClH/c1-4-13-10-21-15(18-13)12-6-5-7-19(9-12)16(20)14(17)8-11(2)3;;/h10-12,14H,4-9,17H2,1-3H3;2*1H/t12?,14-;;/m0../s1. The third kappa shape index (κ3) is 6.22. The van der Waals surface area contributed by atoms with Crippen LogP contribution in [0.5, 0.6) is 0 Å². The molecule has 0 saturated carbocycles. The van der Waals surface area contributed by atoms with Crippen LogP contribution in [0.15, 0.2) is 5.38 Å². The van der Waals surface area contributed by atoms with Crippen LogP contribution in [0.4, 0.5) is 0 Å². The molecule has 0 spiro atoms. The molecular formula is C16H29Cl2N3OS. The number of carbonyl (C=O) groups is 1. The molecule has 2 N–H and O–H groups in total. The van der Waals surface area contributed by atoms with Gasteiger partial charge in [0.25, 0.3) is 0 Å². The molecule has 0 aromatic carbocycles. The van der Waals surface area contributed by atoms with Crippen LogP contribution in [0.25, 0.3) is 0 Å². The van der Waals surface area contributed by atoms with Crippen LogP contribution in [-0.2, 0) is 11.2 Å². The van der Waals surface area contributed by atoms with E-state index in [1.54, 1.807) is 11.3 Å². The Hall–Kier alpha value is -0.360. The predicted molar refractivity (Wildman–Crippen MR) is 102 cm³/mol. The molecule has 1 amide bonds. The molecule has 1 saturated heterocycles. The summed E-state index contributed by atoms with van der Waals surface area (Å²) in [4.78, 5) is 19.1. The van der Waals surface area contributed by atoms with Crippen LogP contribution in [0, 0.1) is 5.92 Å². The first-order valence-electron chi connectivity index (χ1n) is 7.99. The normalized spacial score (nSPS) is 19.0. The molecule has 0 aliphatic carbocycles. The number of likely N-dealkylation sites (tertiary alicyclic amines) is 1. The molecule has 134 valence electrons. The lowest BCUT2D eigenvalue weighted by atomic mass is 9.96. The zero-order chi connectivity index (χ0) is 15.4. The first-order chi connectivity index (χ1) is 10.0. The molecule has 7 heteroatoms. The second kappa shape index (κ2) is 10.5. The molecule has 1 aromatic heterocycles. The van der Waals surface area contributed by atoms with Gasteiger partial charge in [0.2, 0.25) is 5.91 Å². The average Bonchev–Trinajstić information content (AvgIpc) is 2.95. The molecule has 1 aliphatic heterocycles. The summed E-state index contributed by atoms with van der Waals surface area (Å²) in [6.45, 7) is 7.96. The molecule has 1 fully saturated rings. The lowest BCUT2D eigenvalue weighted by molar-refractivity contribution is -0.134. The minimum absolute atomic E-state index is 0. The number of rotatable bonds is 5. The van der Waals surface area contributed by atoms with Gasteiger partial charge in [0.05, 0.1) is 16.7 Å². The second-order valence-corrected chi connectivity index (χ2v) is 7.28. The van der Waals surface area contributed by atoms with Gasteiger partial charge in [-0.05, 0) is 31.6 Å². The third-order valence-corrected chi connectivity index (χ3v) is 5.11. The summed E-state index contributed by atoms with van der Waals surface area (Å²) in [5, 5.41) is 3.32. The highest BCUT2D eigenvalue weighted by atomic mass is 35.5. The number of aromatic nitrogens is 1. The fourth-order valence-electron chi connectivity index (χ4n) is 2.89. The van der Waals surface area contributed by atoms with E-state index >= 15 is 0 Å². The van der Waals surface area contributed by atoms with Gasteiger partial charge in [-0.3, -0.25) is 4.79 Å². The van der Waals surface area contributed by atoms with Crippen LogP contribution in [-0.4, -0.2) is 34.9 Å². The first-order valence-corrected chi connectivity index (χ1v) is 8.87. The van der Waals surface area contributed by atoms with E-state index in [0.717, 1.165) is 44.5 Å². The summed E-state index contributed by atoms with van der Waals surface area (Å²) in [5.74, 6) is 0.954. The number of hydrogen-bond donors (Lipinski definition) is 1. The van der Waals surface area contributed by atoms with Crippen molar-refractivity contribution in [1.82, 2.24) is 9.88 Å². The number of piperidine rings is 1. The maximum atomic E-state index is 12.5. The molecule has 2 atom stereocenters. The summed E-state index contributed by atoms with van der Waals surface area (Å²) in [5.41, 5.74) is 7.22. The van der Waals surface area contributed by atoms with E-state index < -0.39 is 0 Å². The number of thiazole rings is 1. The van der Waals surface area contributed by atoms with E-state index in [1.807, 2.05) is 4.90 Å². The largest absolute Gasteiger partial charge is 0.341 e. The third-order valence-electron chi connectivity index (χ3n) is 4.06. The van der Waals surface area contributed by atoms with Crippen molar-refractivity contribution >= 4 is 42.1 Å². The maximum Gasteiger partial charge on any atom is 0.239 e. The summed E-state index contributed by atoms with van der Waals surface area (Å²) in [6.07, 6.45) is 3.91. The van der Waals surface area contributed by atoms with Crippen LogP contribution in [0.3, 0.4) is 0 Å². The van der Waals surface area contributed by atoms with E-state index in [1.165, 1.54) is 5.01 Å². The van der Waals surface area contributed by atoms with Gasteiger partial charge in [0.1, 0.15) is 0 Å². The van der Waals surface area contributed by atoms with Crippen molar-refractivity contribution in [3.05, 3.63) is 16.1 Å². The van der Waals surface area contributed by atoms with Crippen LogP contribution in [0.2, 0.25) is 0 Å². The van der Waals surface area contributed by atoms with Crippen molar-refractivity contribution in [1.29, 1.82) is 0 Å². The molecule has 0 bridgehead atoms. The topological polar surface area (TPSA) is 59.2 Å². The lowest BCUT2D eigenvalue weighted by Gasteiger charge is -2.33. The number of aryl methyl sites for hydroxylation is 1. The Bertz CT molecular complexity index is 482. The Balaban J connectivity index is 0.00000242. The molecule has 4 nitrogen and oxygen atoms in total. The van der Waals surface area contributed by atoms with Crippen LogP contribution in [0.1, 0.15) is 56.7 Å². The van der Waals surface area contributed by atoms with Gasteiger partial charge >= 0.3 is 0 Å². The van der Waals surface area contributed by atoms with Gasteiger partial charge in [-0.1, -0.05) is 20.8 Å². The van der Waals surface area contributed by atoms with Crippen LogP contribution < -0.4 is 5.73 Å². The van der Waals surface area contributed by atoms with E-state index in [0.29, 0.717) is 11.8 Å². The number of nitrogens with zero attached hydrogens (tertiary/aromatic N) is 2. The maximum absolute atomic E-state index is 12.5. The first kappa shape index (κ1) is 22.6. The Morgan fingerprint density at radius 2 is 2.17 bits per heavy atom. The fraction of sp³-hybridized carbons (Fsp3) is 0.750. The van der Waals surface area contributed by atoms with Crippen LogP contribution >= 0.6 is 36.2 Å². The molecule has 1 aliphatic rings. The van der Waals surface area contributed by atoms with Crippen molar-refractivity contribution in [2.75, 3.05) is 13.1 Å². The highest BCUT2D eigenvalue weighted by Gasteiger charge is 2.29. The quantitative estimate of drug-likeness (QED) is 0.846. The van der Waals surface area contributed by atoms with Crippen molar-refractivity contribution < 1.29 is 4.79 Å². The van der Waals surface area contributed by atoms with E-state index in [-0.39, 0.29) is 36.8 Å². The summed E-state index contributed by atoms with van der Waals surface area (Å²) < 4.78 is 0. The van der Waals surface area contributed by atoms with E-state index in [2.05, 4.69) is 31.1 Å². The zero-order valence-corrected chi connectivity index (χ0v) is 16.6. The Morgan fingerprint density at radius 3 is 2.74 bits per heavy atom.